The number of rotatable bonds is 3. The van der Waals surface area contributed by atoms with Crippen molar-refractivity contribution in [1.82, 2.24) is 14.8 Å². The number of nitrogen functional groups attached to an aromatic ring is 1. The smallest absolute Gasteiger partial charge is 0.229 e. The van der Waals surface area contributed by atoms with E-state index in [1.54, 1.807) is 7.11 Å². The van der Waals surface area contributed by atoms with Crippen molar-refractivity contribution in [2.24, 2.45) is 0 Å². The molecule has 6 heteroatoms. The largest absolute Gasteiger partial charge is 0.497 e. The van der Waals surface area contributed by atoms with Crippen molar-refractivity contribution in [2.75, 3.05) is 12.8 Å². The predicted octanol–water partition coefficient (Wildman–Crippen LogP) is 5.33. The molecule has 1 atom stereocenters. The van der Waals surface area contributed by atoms with Gasteiger partial charge in [-0.15, -0.1) is 0 Å². The quantitative estimate of drug-likeness (QED) is 0.412. The molecule has 1 aliphatic heterocycles. The van der Waals surface area contributed by atoms with Crippen LogP contribution in [0.25, 0.3) is 5.69 Å². The summed E-state index contributed by atoms with van der Waals surface area (Å²) >= 11 is 0. The maximum atomic E-state index is 6.86. The molecular weight excluding hydrogens is 412 g/mol. The second-order valence-corrected chi connectivity index (χ2v) is 8.74. The van der Waals surface area contributed by atoms with Gasteiger partial charge < -0.3 is 15.2 Å². The van der Waals surface area contributed by atoms with Crippen LogP contribution in [-0.2, 0) is 12.8 Å². The SMILES string of the molecule is COc1ccc(C2c3c(nc4c(c3N)CCCC4)Oc3c2c(C)nn3-c2ccccc2)cc1. The van der Waals surface area contributed by atoms with Crippen molar-refractivity contribution >= 4 is 5.69 Å². The molecule has 1 aliphatic carbocycles. The maximum Gasteiger partial charge on any atom is 0.229 e. The molecule has 0 saturated carbocycles. The third-order valence-electron chi connectivity index (χ3n) is 6.80. The molecule has 2 aromatic carbocycles. The van der Waals surface area contributed by atoms with E-state index in [1.807, 2.05) is 54.1 Å². The van der Waals surface area contributed by atoms with Crippen LogP contribution in [0.3, 0.4) is 0 Å². The van der Waals surface area contributed by atoms with E-state index < -0.39 is 0 Å². The summed E-state index contributed by atoms with van der Waals surface area (Å²) in [5.74, 6) is 2.00. The van der Waals surface area contributed by atoms with Gasteiger partial charge in [-0.3, -0.25) is 0 Å². The summed E-state index contributed by atoms with van der Waals surface area (Å²) < 4.78 is 13.8. The third-order valence-corrected chi connectivity index (χ3v) is 6.80. The number of benzene rings is 2. The summed E-state index contributed by atoms with van der Waals surface area (Å²) in [7, 11) is 1.68. The molecule has 6 rings (SSSR count). The van der Waals surface area contributed by atoms with Crippen LogP contribution in [-0.4, -0.2) is 21.9 Å². The number of nitrogens with zero attached hydrogens (tertiary/aromatic N) is 3. The summed E-state index contributed by atoms with van der Waals surface area (Å²) in [5, 5.41) is 4.88. The molecule has 0 fully saturated rings. The molecule has 2 aliphatic rings. The lowest BCUT2D eigenvalue weighted by atomic mass is 9.81. The van der Waals surface area contributed by atoms with Gasteiger partial charge in [-0.2, -0.15) is 5.10 Å². The van der Waals surface area contributed by atoms with E-state index in [9.17, 15) is 0 Å². The summed E-state index contributed by atoms with van der Waals surface area (Å²) in [5.41, 5.74) is 14.9. The summed E-state index contributed by atoms with van der Waals surface area (Å²) in [4.78, 5) is 5.00. The first-order chi connectivity index (χ1) is 16.2. The zero-order valence-corrected chi connectivity index (χ0v) is 18.8. The lowest BCUT2D eigenvalue weighted by Gasteiger charge is -2.30. The van der Waals surface area contributed by atoms with E-state index in [0.29, 0.717) is 11.8 Å². The Morgan fingerprint density at radius 3 is 2.52 bits per heavy atom. The third kappa shape index (κ3) is 3.09. The standard InChI is InChI=1S/C27H26N4O2/c1-16-22-23(17-12-14-19(32-2)15-13-17)24-25(28)20-10-6-7-11-21(20)29-26(24)33-27(22)31(30-16)18-8-4-3-5-9-18/h3-5,8-9,12-15,23H,6-7,10-11H2,1-2H3,(H2,28,29). The molecule has 0 saturated heterocycles. The van der Waals surface area contributed by atoms with E-state index >= 15 is 0 Å². The molecule has 4 aromatic rings. The second kappa shape index (κ2) is 7.66. The van der Waals surface area contributed by atoms with Gasteiger partial charge in [0.2, 0.25) is 11.8 Å². The van der Waals surface area contributed by atoms with Crippen molar-refractivity contribution < 1.29 is 9.47 Å². The number of ether oxygens (including phenoxy) is 2. The number of aryl methyl sites for hydroxylation is 2. The minimum absolute atomic E-state index is 0.119. The van der Waals surface area contributed by atoms with Crippen LogP contribution in [0.1, 0.15) is 52.4 Å². The topological polar surface area (TPSA) is 75.2 Å². The van der Waals surface area contributed by atoms with Gasteiger partial charge in [0.25, 0.3) is 0 Å². The Morgan fingerprint density at radius 1 is 1.00 bits per heavy atom. The van der Waals surface area contributed by atoms with Gasteiger partial charge in [0, 0.05) is 22.9 Å². The van der Waals surface area contributed by atoms with Gasteiger partial charge in [-0.05, 0) is 68.0 Å². The average Bonchev–Trinajstić information content (AvgIpc) is 3.19. The van der Waals surface area contributed by atoms with Crippen LogP contribution >= 0.6 is 0 Å². The fraction of sp³-hybridized carbons (Fsp3) is 0.259. The first-order valence-corrected chi connectivity index (χ1v) is 11.4. The molecular formula is C27H26N4O2. The highest BCUT2D eigenvalue weighted by Crippen LogP contribution is 2.52. The minimum atomic E-state index is -0.119. The van der Waals surface area contributed by atoms with Crippen LogP contribution < -0.4 is 15.2 Å². The summed E-state index contributed by atoms with van der Waals surface area (Å²) in [6.07, 6.45) is 4.17. The lowest BCUT2D eigenvalue weighted by molar-refractivity contribution is 0.400. The molecule has 6 nitrogen and oxygen atoms in total. The van der Waals surface area contributed by atoms with E-state index in [2.05, 4.69) is 12.1 Å². The molecule has 0 amide bonds. The van der Waals surface area contributed by atoms with E-state index in [0.717, 1.165) is 70.9 Å². The Labute approximate surface area is 193 Å². The zero-order chi connectivity index (χ0) is 22.5. The second-order valence-electron chi connectivity index (χ2n) is 8.74. The summed E-state index contributed by atoms with van der Waals surface area (Å²) in [6, 6.07) is 18.2. The number of nitrogens with two attached hydrogens (primary N) is 1. The molecule has 1 unspecified atom stereocenters. The highest BCUT2D eigenvalue weighted by atomic mass is 16.5. The molecule has 33 heavy (non-hydrogen) atoms. The first kappa shape index (κ1) is 19.9. The van der Waals surface area contributed by atoms with Crippen LogP contribution in [0.5, 0.6) is 17.5 Å². The molecule has 0 bridgehead atoms. The van der Waals surface area contributed by atoms with Crippen molar-refractivity contribution in [3.63, 3.8) is 0 Å². The number of pyridine rings is 1. The van der Waals surface area contributed by atoms with E-state index in [4.69, 9.17) is 25.3 Å². The van der Waals surface area contributed by atoms with Crippen LogP contribution in [0, 0.1) is 6.92 Å². The zero-order valence-electron chi connectivity index (χ0n) is 18.8. The van der Waals surface area contributed by atoms with Crippen molar-refractivity contribution in [2.45, 2.75) is 38.5 Å². The van der Waals surface area contributed by atoms with Gasteiger partial charge in [0.1, 0.15) is 5.75 Å². The minimum Gasteiger partial charge on any atom is -0.497 e. The van der Waals surface area contributed by atoms with Crippen molar-refractivity contribution in [3.8, 4) is 23.2 Å². The Hall–Kier alpha value is -3.80. The Bertz CT molecular complexity index is 1340. The molecule has 3 heterocycles. The molecule has 166 valence electrons. The lowest BCUT2D eigenvalue weighted by Crippen LogP contribution is -2.20. The number of hydrogen-bond acceptors (Lipinski definition) is 5. The monoisotopic (exact) mass is 438 g/mol. The number of methoxy groups -OCH3 is 1. The number of anilines is 1. The number of hydrogen-bond donors (Lipinski definition) is 1. The van der Waals surface area contributed by atoms with Crippen LogP contribution in [0.2, 0.25) is 0 Å². The van der Waals surface area contributed by atoms with E-state index in [1.165, 1.54) is 5.56 Å². The highest BCUT2D eigenvalue weighted by molar-refractivity contribution is 5.69. The molecule has 0 spiro atoms. The molecule has 2 N–H and O–H groups in total. The fourth-order valence-electron chi connectivity index (χ4n) is 5.18. The van der Waals surface area contributed by atoms with Gasteiger partial charge in [0.15, 0.2) is 0 Å². The predicted molar refractivity (Wildman–Crippen MR) is 128 cm³/mol. The highest BCUT2D eigenvalue weighted by Gasteiger charge is 2.38. The number of fused-ring (bicyclic) bond motifs is 3. The maximum absolute atomic E-state index is 6.86. The average molecular weight is 439 g/mol. The van der Waals surface area contributed by atoms with Gasteiger partial charge >= 0.3 is 0 Å². The Morgan fingerprint density at radius 2 is 1.76 bits per heavy atom. The van der Waals surface area contributed by atoms with Crippen LogP contribution in [0.15, 0.2) is 54.6 Å². The number of aromatic nitrogens is 3. The van der Waals surface area contributed by atoms with Gasteiger partial charge in [-0.25, -0.2) is 9.67 Å². The Kier molecular flexibility index (Phi) is 4.61. The normalized spacial score (nSPS) is 16.4. The summed E-state index contributed by atoms with van der Waals surface area (Å²) in [6.45, 7) is 2.03. The van der Waals surface area contributed by atoms with Gasteiger partial charge in [0.05, 0.1) is 24.1 Å². The molecule has 0 radical (unpaired) electrons. The van der Waals surface area contributed by atoms with E-state index in [-0.39, 0.29) is 5.92 Å². The van der Waals surface area contributed by atoms with Gasteiger partial charge in [-0.1, -0.05) is 30.3 Å². The van der Waals surface area contributed by atoms with Crippen molar-refractivity contribution in [3.05, 3.63) is 88.2 Å². The molecule has 2 aromatic heterocycles. The van der Waals surface area contributed by atoms with Crippen molar-refractivity contribution in [1.29, 1.82) is 0 Å². The Balaban J connectivity index is 1.62. The fourth-order valence-corrected chi connectivity index (χ4v) is 5.18. The number of para-hydroxylation sites is 1. The van der Waals surface area contributed by atoms with Crippen LogP contribution in [0.4, 0.5) is 5.69 Å². The first-order valence-electron chi connectivity index (χ1n) is 11.4.